The first kappa shape index (κ1) is 16.3. The number of ether oxygens (including phenoxy) is 1. The van der Waals surface area contributed by atoms with Crippen LogP contribution in [-0.2, 0) is 18.4 Å². The van der Waals surface area contributed by atoms with Crippen molar-refractivity contribution >= 4 is 35.1 Å². The molecule has 0 aliphatic rings. The van der Waals surface area contributed by atoms with Crippen LogP contribution >= 0.6 is 23.2 Å². The summed E-state index contributed by atoms with van der Waals surface area (Å²) in [6.07, 6.45) is -1.43. The summed E-state index contributed by atoms with van der Waals surface area (Å²) in [7, 11) is 1.60. The predicted molar refractivity (Wildman–Crippen MR) is 80.7 cm³/mol. The van der Waals surface area contributed by atoms with Crippen molar-refractivity contribution in [1.29, 1.82) is 0 Å². The molecular weight excluding hydrogens is 331 g/mol. The Balaban J connectivity index is 2.47. The van der Waals surface area contributed by atoms with E-state index in [1.54, 1.807) is 20.0 Å². The summed E-state index contributed by atoms with van der Waals surface area (Å²) in [5, 5.41) is 13.4. The number of carbonyl (C=O) groups is 2. The molecule has 1 aromatic heterocycles. The van der Waals surface area contributed by atoms with Crippen LogP contribution < -0.4 is 0 Å². The molecule has 0 unspecified atom stereocenters. The molecule has 0 spiro atoms. The van der Waals surface area contributed by atoms with Gasteiger partial charge in [-0.1, -0.05) is 23.2 Å². The molecule has 1 N–H and O–H groups in total. The fourth-order valence-corrected chi connectivity index (χ4v) is 2.60. The largest absolute Gasteiger partial charge is 0.506 e. The zero-order chi connectivity index (χ0) is 16.4. The monoisotopic (exact) mass is 342 g/mol. The number of aryl methyl sites for hydroxylation is 2. The first-order chi connectivity index (χ1) is 10.3. The highest BCUT2D eigenvalue weighted by molar-refractivity contribution is 6.37. The van der Waals surface area contributed by atoms with Crippen LogP contribution in [0.4, 0.5) is 4.79 Å². The van der Waals surface area contributed by atoms with Crippen molar-refractivity contribution in [3.63, 3.8) is 0 Å². The molecule has 0 saturated carbocycles. The van der Waals surface area contributed by atoms with E-state index in [9.17, 15) is 9.59 Å². The van der Waals surface area contributed by atoms with Gasteiger partial charge >= 0.3 is 6.16 Å². The summed E-state index contributed by atoms with van der Waals surface area (Å²) in [5.74, 6) is -0.365. The van der Waals surface area contributed by atoms with E-state index in [0.29, 0.717) is 16.4 Å². The van der Waals surface area contributed by atoms with Crippen molar-refractivity contribution in [2.45, 2.75) is 13.5 Å². The number of nitrogens with zero attached hydrogens (tertiary/aromatic N) is 2. The highest BCUT2D eigenvalue weighted by atomic mass is 35.5. The van der Waals surface area contributed by atoms with Gasteiger partial charge in [-0.05, 0) is 25.1 Å². The van der Waals surface area contributed by atoms with E-state index in [0.717, 1.165) is 0 Å². The Morgan fingerprint density at radius 1 is 1.36 bits per heavy atom. The van der Waals surface area contributed by atoms with Gasteiger partial charge in [0, 0.05) is 17.6 Å². The van der Waals surface area contributed by atoms with Crippen molar-refractivity contribution in [3.8, 4) is 0 Å². The molecule has 0 saturated heterocycles. The third-order valence-electron chi connectivity index (χ3n) is 3.08. The van der Waals surface area contributed by atoms with Crippen molar-refractivity contribution in [3.05, 3.63) is 50.8 Å². The molecule has 8 heteroatoms. The molecule has 116 valence electrons. The van der Waals surface area contributed by atoms with Gasteiger partial charge in [-0.2, -0.15) is 5.10 Å². The van der Waals surface area contributed by atoms with Crippen molar-refractivity contribution < 1.29 is 19.4 Å². The van der Waals surface area contributed by atoms with Gasteiger partial charge in [-0.3, -0.25) is 9.48 Å². The number of carboxylic acid groups (broad SMARTS) is 1. The van der Waals surface area contributed by atoms with Crippen LogP contribution in [0.1, 0.15) is 27.3 Å². The van der Waals surface area contributed by atoms with Crippen LogP contribution in [0.15, 0.2) is 18.2 Å². The standard InChI is InChI=1S/C14H12Cl2N2O4/c1-7-12(11(18(2)17-7)6-22-14(20)21)13(19)9-4-3-8(15)5-10(9)16/h3-5H,6H2,1-2H3,(H,20,21). The number of hydrogen-bond acceptors (Lipinski definition) is 4. The summed E-state index contributed by atoms with van der Waals surface area (Å²) in [4.78, 5) is 23.3. The summed E-state index contributed by atoms with van der Waals surface area (Å²) in [5.41, 5.74) is 1.35. The van der Waals surface area contributed by atoms with Crippen molar-refractivity contribution in [2.75, 3.05) is 0 Å². The quantitative estimate of drug-likeness (QED) is 0.679. The van der Waals surface area contributed by atoms with Crippen LogP contribution in [0.2, 0.25) is 10.0 Å². The van der Waals surface area contributed by atoms with Gasteiger partial charge in [0.1, 0.15) is 6.61 Å². The molecule has 0 bridgehead atoms. The lowest BCUT2D eigenvalue weighted by Gasteiger charge is -2.07. The normalized spacial score (nSPS) is 10.5. The van der Waals surface area contributed by atoms with Gasteiger partial charge in [0.2, 0.25) is 0 Å². The zero-order valence-corrected chi connectivity index (χ0v) is 13.3. The Morgan fingerprint density at radius 2 is 2.05 bits per heavy atom. The average Bonchev–Trinajstić information content (AvgIpc) is 2.69. The lowest BCUT2D eigenvalue weighted by molar-refractivity contribution is 0.0822. The van der Waals surface area contributed by atoms with Crippen LogP contribution in [0, 0.1) is 6.92 Å². The molecule has 0 amide bonds. The molecular formula is C14H12Cl2N2O4. The van der Waals surface area contributed by atoms with Crippen molar-refractivity contribution in [2.24, 2.45) is 7.05 Å². The minimum absolute atomic E-state index is 0.214. The number of rotatable bonds is 4. The lowest BCUT2D eigenvalue weighted by atomic mass is 10.0. The van der Waals surface area contributed by atoms with E-state index in [1.807, 2.05) is 0 Å². The average molecular weight is 343 g/mol. The lowest BCUT2D eigenvalue weighted by Crippen LogP contribution is -2.11. The number of benzene rings is 1. The topological polar surface area (TPSA) is 81.4 Å². The van der Waals surface area contributed by atoms with E-state index in [4.69, 9.17) is 28.3 Å². The van der Waals surface area contributed by atoms with Crippen LogP contribution in [0.5, 0.6) is 0 Å². The maximum absolute atomic E-state index is 12.7. The fourth-order valence-electron chi connectivity index (χ4n) is 2.11. The van der Waals surface area contributed by atoms with Gasteiger partial charge < -0.3 is 9.84 Å². The second-order valence-corrected chi connectivity index (χ2v) is 5.38. The second kappa shape index (κ2) is 6.37. The van der Waals surface area contributed by atoms with Crippen molar-refractivity contribution in [1.82, 2.24) is 9.78 Å². The molecule has 0 radical (unpaired) electrons. The van der Waals surface area contributed by atoms with E-state index in [-0.39, 0.29) is 28.5 Å². The number of carbonyl (C=O) groups excluding carboxylic acids is 1. The first-order valence-electron chi connectivity index (χ1n) is 6.19. The van der Waals surface area contributed by atoms with Gasteiger partial charge in [-0.25, -0.2) is 4.79 Å². The Bertz CT molecular complexity index is 756. The molecule has 2 rings (SSSR count). The Morgan fingerprint density at radius 3 is 2.64 bits per heavy atom. The molecule has 6 nitrogen and oxygen atoms in total. The number of aromatic nitrogens is 2. The Labute approximate surface area is 136 Å². The SMILES string of the molecule is Cc1nn(C)c(COC(=O)O)c1C(=O)c1ccc(Cl)cc1Cl. The van der Waals surface area contributed by atoms with Crippen LogP contribution in [0.25, 0.3) is 0 Å². The van der Waals surface area contributed by atoms with Crippen LogP contribution in [0.3, 0.4) is 0 Å². The summed E-state index contributed by atoms with van der Waals surface area (Å²) in [6.45, 7) is 1.38. The summed E-state index contributed by atoms with van der Waals surface area (Å²) < 4.78 is 5.96. The number of halogens is 2. The highest BCUT2D eigenvalue weighted by Gasteiger charge is 2.24. The van der Waals surface area contributed by atoms with Gasteiger partial charge in [0.25, 0.3) is 0 Å². The molecule has 0 aliphatic heterocycles. The molecule has 1 heterocycles. The predicted octanol–water partition coefficient (Wildman–Crippen LogP) is 3.46. The van der Waals surface area contributed by atoms with E-state index in [2.05, 4.69) is 9.84 Å². The fraction of sp³-hybridized carbons (Fsp3) is 0.214. The first-order valence-corrected chi connectivity index (χ1v) is 6.94. The Kier molecular flexibility index (Phi) is 4.73. The third-order valence-corrected chi connectivity index (χ3v) is 3.62. The van der Waals surface area contributed by atoms with E-state index >= 15 is 0 Å². The van der Waals surface area contributed by atoms with E-state index in [1.165, 1.54) is 16.8 Å². The van der Waals surface area contributed by atoms with Gasteiger partial charge in [0.15, 0.2) is 5.78 Å². The summed E-state index contributed by atoms with van der Waals surface area (Å²) in [6, 6.07) is 4.54. The second-order valence-electron chi connectivity index (χ2n) is 4.54. The minimum Gasteiger partial charge on any atom is -0.450 e. The van der Waals surface area contributed by atoms with E-state index < -0.39 is 6.16 Å². The molecule has 22 heavy (non-hydrogen) atoms. The van der Waals surface area contributed by atoms with Crippen LogP contribution in [-0.4, -0.2) is 26.8 Å². The smallest absolute Gasteiger partial charge is 0.450 e. The molecule has 0 atom stereocenters. The molecule has 0 fully saturated rings. The third kappa shape index (κ3) is 3.23. The molecule has 0 aliphatic carbocycles. The summed E-state index contributed by atoms with van der Waals surface area (Å²) >= 11 is 11.9. The maximum atomic E-state index is 12.7. The molecule has 1 aromatic carbocycles. The number of hydrogen-bond donors (Lipinski definition) is 1. The highest BCUT2D eigenvalue weighted by Crippen LogP contribution is 2.26. The minimum atomic E-state index is -1.43. The number of ketones is 1. The van der Waals surface area contributed by atoms with Gasteiger partial charge in [0.05, 0.1) is 22.0 Å². The zero-order valence-electron chi connectivity index (χ0n) is 11.8. The Hall–Kier alpha value is -2.05. The molecule has 2 aromatic rings. The van der Waals surface area contributed by atoms with Gasteiger partial charge in [-0.15, -0.1) is 0 Å². The maximum Gasteiger partial charge on any atom is 0.506 e.